The maximum atomic E-state index is 13.0. The van der Waals surface area contributed by atoms with Crippen molar-refractivity contribution in [1.82, 2.24) is 5.32 Å². The molecule has 0 radical (unpaired) electrons. The van der Waals surface area contributed by atoms with Crippen LogP contribution in [-0.2, 0) is 6.42 Å². The van der Waals surface area contributed by atoms with Crippen LogP contribution in [0.25, 0.3) is 0 Å². The fraction of sp³-hybridized carbons (Fsp3) is 0.235. The van der Waals surface area contributed by atoms with Crippen molar-refractivity contribution in [2.75, 3.05) is 0 Å². The minimum Gasteiger partial charge on any atom is -0.507 e. The van der Waals surface area contributed by atoms with Crippen molar-refractivity contribution in [3.05, 3.63) is 65.0 Å². The highest BCUT2D eigenvalue weighted by Gasteiger charge is 2.22. The number of aryl methyl sites for hydroxylation is 1. The molecule has 2 aromatic rings. The molecule has 0 bridgehead atoms. The molecule has 0 saturated carbocycles. The Morgan fingerprint density at radius 1 is 1.24 bits per heavy atom. The maximum absolute atomic E-state index is 13.0. The molecule has 0 fully saturated rings. The van der Waals surface area contributed by atoms with E-state index in [0.29, 0.717) is 0 Å². The van der Waals surface area contributed by atoms with Gasteiger partial charge in [0, 0.05) is 6.07 Å². The number of rotatable bonds is 2. The lowest BCUT2D eigenvalue weighted by Gasteiger charge is -2.26. The first-order valence-corrected chi connectivity index (χ1v) is 7.02. The fourth-order valence-electron chi connectivity index (χ4n) is 2.84. The number of hydrogen-bond acceptors (Lipinski definition) is 2. The minimum atomic E-state index is -0.563. The zero-order valence-corrected chi connectivity index (χ0v) is 11.5. The smallest absolute Gasteiger partial charge is 0.255 e. The Morgan fingerprint density at radius 2 is 2.05 bits per heavy atom. The van der Waals surface area contributed by atoms with E-state index in [1.165, 1.54) is 17.7 Å². The third-order valence-corrected chi connectivity index (χ3v) is 3.88. The summed E-state index contributed by atoms with van der Waals surface area (Å²) in [6.45, 7) is 0. The van der Waals surface area contributed by atoms with E-state index in [2.05, 4.69) is 11.4 Å². The van der Waals surface area contributed by atoms with E-state index < -0.39 is 5.82 Å². The second kappa shape index (κ2) is 5.56. The largest absolute Gasteiger partial charge is 0.507 e. The van der Waals surface area contributed by atoms with Gasteiger partial charge in [-0.2, -0.15) is 0 Å². The quantitative estimate of drug-likeness (QED) is 0.889. The number of nitrogens with one attached hydrogen (secondary N) is 1. The van der Waals surface area contributed by atoms with Crippen LogP contribution in [0.5, 0.6) is 5.75 Å². The zero-order valence-electron chi connectivity index (χ0n) is 11.5. The van der Waals surface area contributed by atoms with Gasteiger partial charge in [0.1, 0.15) is 11.6 Å². The Bertz CT molecular complexity index is 684. The van der Waals surface area contributed by atoms with Crippen LogP contribution in [0.1, 0.15) is 40.4 Å². The van der Waals surface area contributed by atoms with Gasteiger partial charge < -0.3 is 10.4 Å². The molecule has 2 N–H and O–H groups in total. The first-order chi connectivity index (χ1) is 10.1. The van der Waals surface area contributed by atoms with Crippen molar-refractivity contribution in [3.63, 3.8) is 0 Å². The molecule has 1 amide bonds. The van der Waals surface area contributed by atoms with Crippen LogP contribution in [0.3, 0.4) is 0 Å². The van der Waals surface area contributed by atoms with Crippen LogP contribution >= 0.6 is 0 Å². The molecule has 1 unspecified atom stereocenters. The third kappa shape index (κ3) is 2.75. The van der Waals surface area contributed by atoms with Crippen molar-refractivity contribution in [2.45, 2.75) is 25.3 Å². The zero-order chi connectivity index (χ0) is 14.8. The summed E-state index contributed by atoms with van der Waals surface area (Å²) in [5.41, 5.74) is 2.47. The van der Waals surface area contributed by atoms with Crippen LogP contribution in [-0.4, -0.2) is 11.0 Å². The van der Waals surface area contributed by atoms with Gasteiger partial charge in [0.05, 0.1) is 11.6 Å². The third-order valence-electron chi connectivity index (χ3n) is 3.88. The average molecular weight is 285 g/mol. The topological polar surface area (TPSA) is 49.3 Å². The number of benzene rings is 2. The number of aromatic hydroxyl groups is 1. The van der Waals surface area contributed by atoms with Gasteiger partial charge in [-0.25, -0.2) is 4.39 Å². The van der Waals surface area contributed by atoms with Gasteiger partial charge in [0.2, 0.25) is 0 Å². The summed E-state index contributed by atoms with van der Waals surface area (Å²) >= 11 is 0. The highest BCUT2D eigenvalue weighted by molar-refractivity contribution is 5.97. The minimum absolute atomic E-state index is 0.0631. The van der Waals surface area contributed by atoms with Gasteiger partial charge in [0.15, 0.2) is 0 Å². The highest BCUT2D eigenvalue weighted by atomic mass is 19.1. The Balaban J connectivity index is 1.83. The maximum Gasteiger partial charge on any atom is 0.255 e. The van der Waals surface area contributed by atoms with Crippen LogP contribution < -0.4 is 5.32 Å². The van der Waals surface area contributed by atoms with Crippen molar-refractivity contribution in [2.24, 2.45) is 0 Å². The van der Waals surface area contributed by atoms with E-state index in [4.69, 9.17) is 0 Å². The molecule has 0 saturated heterocycles. The fourth-order valence-corrected chi connectivity index (χ4v) is 2.84. The molecule has 3 rings (SSSR count). The molecule has 0 aromatic heterocycles. The van der Waals surface area contributed by atoms with Crippen molar-refractivity contribution in [3.8, 4) is 5.75 Å². The second-order valence-electron chi connectivity index (χ2n) is 5.28. The summed E-state index contributed by atoms with van der Waals surface area (Å²) in [6, 6.07) is 11.4. The van der Waals surface area contributed by atoms with E-state index in [0.717, 1.165) is 30.9 Å². The molecule has 0 aliphatic heterocycles. The lowest BCUT2D eigenvalue weighted by molar-refractivity contribution is 0.0930. The van der Waals surface area contributed by atoms with Crippen LogP contribution in [0.4, 0.5) is 4.39 Å². The molecule has 0 spiro atoms. The summed E-state index contributed by atoms with van der Waals surface area (Å²) in [4.78, 5) is 12.3. The van der Waals surface area contributed by atoms with E-state index in [1.54, 1.807) is 0 Å². The average Bonchev–Trinajstić information content (AvgIpc) is 2.47. The molecule has 0 heterocycles. The van der Waals surface area contributed by atoms with Crippen molar-refractivity contribution in [1.29, 1.82) is 0 Å². The van der Waals surface area contributed by atoms with Crippen molar-refractivity contribution >= 4 is 5.91 Å². The molecule has 21 heavy (non-hydrogen) atoms. The normalized spacial score (nSPS) is 17.1. The Morgan fingerprint density at radius 3 is 2.86 bits per heavy atom. The number of phenols is 1. The lowest BCUT2D eigenvalue weighted by atomic mass is 9.87. The summed E-state index contributed by atoms with van der Waals surface area (Å²) in [5, 5.41) is 12.6. The van der Waals surface area contributed by atoms with E-state index in [9.17, 15) is 14.3 Å². The summed E-state index contributed by atoms with van der Waals surface area (Å²) < 4.78 is 13.0. The summed E-state index contributed by atoms with van der Waals surface area (Å²) in [6.07, 6.45) is 2.90. The predicted molar refractivity (Wildman–Crippen MR) is 77.7 cm³/mol. The van der Waals surface area contributed by atoms with E-state index >= 15 is 0 Å². The predicted octanol–water partition coefficient (Wildman–Crippen LogP) is 3.34. The molecule has 2 aromatic carbocycles. The Labute approximate surface area is 122 Å². The Hall–Kier alpha value is -2.36. The molecular formula is C17H16FNO2. The van der Waals surface area contributed by atoms with E-state index in [1.807, 2.05) is 18.2 Å². The molecule has 108 valence electrons. The second-order valence-corrected chi connectivity index (χ2v) is 5.28. The number of hydrogen-bond donors (Lipinski definition) is 2. The number of amides is 1. The standard InChI is InChI=1S/C17H16FNO2/c18-12-8-9-14(16(20)10-12)17(21)19-15-7-3-5-11-4-1-2-6-13(11)15/h1-2,4,6,8-10,15,20H,3,5,7H2,(H,19,21). The summed E-state index contributed by atoms with van der Waals surface area (Å²) in [7, 11) is 0. The molecule has 3 nitrogen and oxygen atoms in total. The first-order valence-electron chi connectivity index (χ1n) is 7.02. The number of carbonyl (C=O) groups is 1. The van der Waals surface area contributed by atoms with Crippen LogP contribution in [0.2, 0.25) is 0 Å². The van der Waals surface area contributed by atoms with Gasteiger partial charge in [-0.15, -0.1) is 0 Å². The highest BCUT2D eigenvalue weighted by Crippen LogP contribution is 2.30. The SMILES string of the molecule is O=C(NC1CCCc2ccccc21)c1ccc(F)cc1O. The molecule has 1 atom stereocenters. The Kier molecular flexibility index (Phi) is 3.60. The number of fused-ring (bicyclic) bond motifs is 1. The van der Waals surface area contributed by atoms with E-state index in [-0.39, 0.29) is 23.3 Å². The molecule has 1 aliphatic carbocycles. The van der Waals surface area contributed by atoms with Crippen molar-refractivity contribution < 1.29 is 14.3 Å². The van der Waals surface area contributed by atoms with Gasteiger partial charge >= 0.3 is 0 Å². The van der Waals surface area contributed by atoms with Crippen LogP contribution in [0.15, 0.2) is 42.5 Å². The van der Waals surface area contributed by atoms with Gasteiger partial charge in [0.25, 0.3) is 5.91 Å². The lowest BCUT2D eigenvalue weighted by Crippen LogP contribution is -2.31. The number of carbonyl (C=O) groups excluding carboxylic acids is 1. The number of halogens is 1. The summed E-state index contributed by atoms with van der Waals surface area (Å²) in [5.74, 6) is -1.28. The van der Waals surface area contributed by atoms with Crippen LogP contribution in [0, 0.1) is 5.82 Å². The number of phenolic OH excluding ortho intramolecular Hbond substituents is 1. The first kappa shape index (κ1) is 13.6. The van der Waals surface area contributed by atoms with Gasteiger partial charge in [-0.3, -0.25) is 4.79 Å². The van der Waals surface area contributed by atoms with Gasteiger partial charge in [-0.05, 0) is 42.5 Å². The van der Waals surface area contributed by atoms with Gasteiger partial charge in [-0.1, -0.05) is 24.3 Å². The molecule has 4 heteroatoms. The monoisotopic (exact) mass is 285 g/mol. The molecule has 1 aliphatic rings. The molecular weight excluding hydrogens is 269 g/mol.